The predicted molar refractivity (Wildman–Crippen MR) is 85.5 cm³/mol. The molecule has 0 atom stereocenters. The molecule has 1 aliphatic carbocycles. The first-order chi connectivity index (χ1) is 9.69. The maximum Gasteiger partial charge on any atom is 0.148 e. The Morgan fingerprint density at radius 1 is 1.35 bits per heavy atom. The standard InChI is InChI=1S/C16H21BrN2O/c1-2-9-20-16-8-3-13(17)10-12(16)11-19-15-6-4-14(18)5-7-15/h1,3,8,10,14-15,19H,4-7,9,11,18H2. The molecule has 0 amide bonds. The highest BCUT2D eigenvalue weighted by atomic mass is 79.9. The molecule has 1 aromatic rings. The molecule has 0 heterocycles. The molecule has 1 saturated carbocycles. The number of hydrogen-bond acceptors (Lipinski definition) is 3. The van der Waals surface area contributed by atoms with Crippen LogP contribution in [0.5, 0.6) is 5.75 Å². The molecule has 0 saturated heterocycles. The van der Waals surface area contributed by atoms with E-state index in [0.717, 1.165) is 48.0 Å². The van der Waals surface area contributed by atoms with Crippen molar-refractivity contribution < 1.29 is 4.74 Å². The highest BCUT2D eigenvalue weighted by molar-refractivity contribution is 9.10. The molecule has 3 N–H and O–H groups in total. The Balaban J connectivity index is 1.94. The Kier molecular flexibility index (Phi) is 5.90. The van der Waals surface area contributed by atoms with Gasteiger partial charge in [0.15, 0.2) is 0 Å². The van der Waals surface area contributed by atoms with Gasteiger partial charge in [-0.05, 0) is 43.9 Å². The number of terminal acetylenes is 1. The first-order valence-electron chi connectivity index (χ1n) is 7.02. The molecule has 20 heavy (non-hydrogen) atoms. The van der Waals surface area contributed by atoms with Gasteiger partial charge in [-0.25, -0.2) is 0 Å². The van der Waals surface area contributed by atoms with Crippen LogP contribution in [-0.4, -0.2) is 18.7 Å². The van der Waals surface area contributed by atoms with E-state index in [-0.39, 0.29) is 0 Å². The average molecular weight is 337 g/mol. The van der Waals surface area contributed by atoms with Crippen molar-refractivity contribution in [1.82, 2.24) is 5.32 Å². The van der Waals surface area contributed by atoms with E-state index in [1.165, 1.54) is 0 Å². The van der Waals surface area contributed by atoms with E-state index in [4.69, 9.17) is 16.9 Å². The molecule has 3 nitrogen and oxygen atoms in total. The monoisotopic (exact) mass is 336 g/mol. The summed E-state index contributed by atoms with van der Waals surface area (Å²) in [6.45, 7) is 1.09. The minimum Gasteiger partial charge on any atom is -0.481 e. The van der Waals surface area contributed by atoms with Crippen LogP contribution in [0.15, 0.2) is 22.7 Å². The molecule has 1 aliphatic rings. The lowest BCUT2D eigenvalue weighted by atomic mass is 9.92. The highest BCUT2D eigenvalue weighted by Crippen LogP contribution is 2.24. The number of nitrogens with one attached hydrogen (secondary N) is 1. The smallest absolute Gasteiger partial charge is 0.148 e. The molecule has 0 spiro atoms. The van der Waals surface area contributed by atoms with Gasteiger partial charge in [-0.15, -0.1) is 6.42 Å². The molecule has 0 bridgehead atoms. The first-order valence-corrected chi connectivity index (χ1v) is 7.82. The van der Waals surface area contributed by atoms with E-state index in [1.807, 2.05) is 12.1 Å². The van der Waals surface area contributed by atoms with E-state index in [1.54, 1.807) is 0 Å². The Morgan fingerprint density at radius 3 is 2.80 bits per heavy atom. The van der Waals surface area contributed by atoms with Crippen LogP contribution in [0.3, 0.4) is 0 Å². The lowest BCUT2D eigenvalue weighted by molar-refractivity contribution is 0.334. The second kappa shape index (κ2) is 7.68. The van der Waals surface area contributed by atoms with Gasteiger partial charge in [-0.2, -0.15) is 0 Å². The Labute approximate surface area is 129 Å². The summed E-state index contributed by atoms with van der Waals surface area (Å²) in [6, 6.07) is 6.93. The fraction of sp³-hybridized carbons (Fsp3) is 0.500. The molecule has 0 aliphatic heterocycles. The zero-order chi connectivity index (χ0) is 14.4. The van der Waals surface area contributed by atoms with Gasteiger partial charge in [-0.1, -0.05) is 21.9 Å². The molecular formula is C16H21BrN2O. The van der Waals surface area contributed by atoms with Crippen LogP contribution in [0, 0.1) is 12.3 Å². The zero-order valence-electron chi connectivity index (χ0n) is 11.6. The average Bonchev–Trinajstić information content (AvgIpc) is 2.46. The Hall–Kier alpha value is -1.02. The van der Waals surface area contributed by atoms with Gasteiger partial charge in [0.05, 0.1) is 0 Å². The zero-order valence-corrected chi connectivity index (χ0v) is 13.2. The van der Waals surface area contributed by atoms with Crippen molar-refractivity contribution in [3.05, 3.63) is 28.2 Å². The van der Waals surface area contributed by atoms with Gasteiger partial charge in [-0.3, -0.25) is 0 Å². The van der Waals surface area contributed by atoms with Crippen LogP contribution in [-0.2, 0) is 6.54 Å². The third kappa shape index (κ3) is 4.52. The van der Waals surface area contributed by atoms with Crippen molar-refractivity contribution in [2.75, 3.05) is 6.61 Å². The molecule has 1 aromatic carbocycles. The van der Waals surface area contributed by atoms with Crippen LogP contribution in [0.4, 0.5) is 0 Å². The summed E-state index contributed by atoms with van der Waals surface area (Å²) in [7, 11) is 0. The van der Waals surface area contributed by atoms with E-state index < -0.39 is 0 Å². The largest absolute Gasteiger partial charge is 0.481 e. The number of ether oxygens (including phenoxy) is 1. The SMILES string of the molecule is C#CCOc1ccc(Br)cc1CNC1CCC(N)CC1. The lowest BCUT2D eigenvalue weighted by Crippen LogP contribution is -2.37. The van der Waals surface area contributed by atoms with Gasteiger partial charge >= 0.3 is 0 Å². The van der Waals surface area contributed by atoms with Crippen molar-refractivity contribution in [2.24, 2.45) is 5.73 Å². The van der Waals surface area contributed by atoms with Gasteiger partial charge in [0.25, 0.3) is 0 Å². The summed E-state index contributed by atoms with van der Waals surface area (Å²) in [5.41, 5.74) is 7.06. The van der Waals surface area contributed by atoms with Crippen LogP contribution >= 0.6 is 15.9 Å². The molecule has 0 radical (unpaired) electrons. The first kappa shape index (κ1) is 15.4. The number of benzene rings is 1. The van der Waals surface area contributed by atoms with Gasteiger partial charge in [0.1, 0.15) is 12.4 Å². The van der Waals surface area contributed by atoms with Crippen LogP contribution in [0.1, 0.15) is 31.2 Å². The maximum absolute atomic E-state index is 5.93. The minimum absolute atomic E-state index is 0.299. The highest BCUT2D eigenvalue weighted by Gasteiger charge is 2.18. The topological polar surface area (TPSA) is 47.3 Å². The van der Waals surface area contributed by atoms with E-state index >= 15 is 0 Å². The van der Waals surface area contributed by atoms with Crippen molar-refractivity contribution >= 4 is 15.9 Å². The van der Waals surface area contributed by atoms with E-state index in [2.05, 4.69) is 33.2 Å². The van der Waals surface area contributed by atoms with Gasteiger partial charge < -0.3 is 15.8 Å². The third-order valence-electron chi connectivity index (χ3n) is 3.69. The molecule has 4 heteroatoms. The van der Waals surface area contributed by atoms with Crippen molar-refractivity contribution in [2.45, 2.75) is 44.3 Å². The van der Waals surface area contributed by atoms with Crippen molar-refractivity contribution in [1.29, 1.82) is 0 Å². The summed E-state index contributed by atoms with van der Waals surface area (Å²) < 4.78 is 6.63. The molecule has 2 rings (SSSR count). The lowest BCUT2D eigenvalue weighted by Gasteiger charge is -2.27. The van der Waals surface area contributed by atoms with Crippen molar-refractivity contribution in [3.63, 3.8) is 0 Å². The van der Waals surface area contributed by atoms with E-state index in [0.29, 0.717) is 18.7 Å². The molecule has 0 unspecified atom stereocenters. The van der Waals surface area contributed by atoms with Crippen LogP contribution in [0.25, 0.3) is 0 Å². The predicted octanol–water partition coefficient (Wildman–Crippen LogP) is 2.82. The van der Waals surface area contributed by atoms with Crippen molar-refractivity contribution in [3.8, 4) is 18.1 Å². The van der Waals surface area contributed by atoms with Crippen LogP contribution < -0.4 is 15.8 Å². The normalized spacial score (nSPS) is 22.2. The fourth-order valence-corrected chi connectivity index (χ4v) is 2.93. The quantitative estimate of drug-likeness (QED) is 0.813. The second-order valence-corrected chi connectivity index (χ2v) is 6.15. The number of hydrogen-bond donors (Lipinski definition) is 2. The maximum atomic E-state index is 5.93. The Morgan fingerprint density at radius 2 is 2.10 bits per heavy atom. The third-order valence-corrected chi connectivity index (χ3v) is 4.18. The molecule has 1 fully saturated rings. The number of rotatable bonds is 5. The summed E-state index contributed by atoms with van der Waals surface area (Å²) in [5.74, 6) is 3.35. The fourth-order valence-electron chi connectivity index (χ4n) is 2.52. The summed E-state index contributed by atoms with van der Waals surface area (Å²) in [6.07, 6.45) is 9.76. The summed E-state index contributed by atoms with van der Waals surface area (Å²) >= 11 is 3.50. The summed E-state index contributed by atoms with van der Waals surface area (Å²) in [4.78, 5) is 0. The number of nitrogens with two attached hydrogens (primary N) is 1. The molecular weight excluding hydrogens is 316 g/mol. The van der Waals surface area contributed by atoms with Gasteiger partial charge in [0.2, 0.25) is 0 Å². The molecule has 108 valence electrons. The van der Waals surface area contributed by atoms with E-state index in [9.17, 15) is 0 Å². The minimum atomic E-state index is 0.299. The number of halogens is 1. The molecule has 0 aromatic heterocycles. The van der Waals surface area contributed by atoms with Gasteiger partial charge in [0, 0.05) is 28.7 Å². The Bertz CT molecular complexity index is 476. The summed E-state index contributed by atoms with van der Waals surface area (Å²) in [5, 5.41) is 3.59. The van der Waals surface area contributed by atoms with Crippen LogP contribution in [0.2, 0.25) is 0 Å². The second-order valence-electron chi connectivity index (χ2n) is 5.24.